The van der Waals surface area contributed by atoms with Gasteiger partial charge in [-0.05, 0) is 19.8 Å². The van der Waals surface area contributed by atoms with E-state index in [1.807, 2.05) is 0 Å². The van der Waals surface area contributed by atoms with Crippen molar-refractivity contribution in [3.05, 3.63) is 0 Å². The molecule has 15 heavy (non-hydrogen) atoms. The third kappa shape index (κ3) is 3.80. The van der Waals surface area contributed by atoms with Gasteiger partial charge in [0.15, 0.2) is 0 Å². The Morgan fingerprint density at radius 2 is 2.07 bits per heavy atom. The molecule has 0 aromatic rings. The largest absolute Gasteiger partial charge is 0.468 e. The summed E-state index contributed by atoms with van der Waals surface area (Å²) in [7, 11) is 1.37. The van der Waals surface area contributed by atoms with Crippen LogP contribution in [0.2, 0.25) is 0 Å². The molecular weight excluding hydrogens is 194 g/mol. The molecule has 4 nitrogen and oxygen atoms in total. The van der Waals surface area contributed by atoms with Gasteiger partial charge in [-0.3, -0.25) is 4.79 Å². The van der Waals surface area contributed by atoms with E-state index >= 15 is 0 Å². The molecule has 0 saturated heterocycles. The zero-order valence-electron chi connectivity index (χ0n) is 9.58. The lowest BCUT2D eigenvalue weighted by Gasteiger charge is -2.33. The zero-order valence-corrected chi connectivity index (χ0v) is 9.58. The number of hydrogen-bond acceptors (Lipinski definition) is 4. The van der Waals surface area contributed by atoms with Gasteiger partial charge in [-0.25, -0.2) is 0 Å². The van der Waals surface area contributed by atoms with Crippen LogP contribution in [0.5, 0.6) is 0 Å². The summed E-state index contributed by atoms with van der Waals surface area (Å²) < 4.78 is 4.60. The summed E-state index contributed by atoms with van der Waals surface area (Å²) in [5.41, 5.74) is -0.624. The van der Waals surface area contributed by atoms with Crippen LogP contribution in [0.3, 0.4) is 0 Å². The number of methoxy groups -OCH3 is 1. The maximum absolute atomic E-state index is 11.1. The molecule has 1 atom stereocenters. The lowest BCUT2D eigenvalue weighted by atomic mass is 9.85. The number of carbonyl (C=O) groups excluding carboxylic acids is 1. The Hall–Kier alpha value is -0.610. The van der Waals surface area contributed by atoms with Crippen LogP contribution in [-0.4, -0.2) is 36.4 Å². The number of ether oxygens (including phenoxy) is 1. The first-order valence-corrected chi connectivity index (χ1v) is 5.61. The molecule has 0 aromatic carbocycles. The lowest BCUT2D eigenvalue weighted by molar-refractivity contribution is -0.142. The summed E-state index contributed by atoms with van der Waals surface area (Å²) in [4.78, 5) is 11.1. The molecule has 0 bridgehead atoms. The highest BCUT2D eigenvalue weighted by atomic mass is 16.5. The van der Waals surface area contributed by atoms with Gasteiger partial charge in [0.2, 0.25) is 0 Å². The van der Waals surface area contributed by atoms with E-state index < -0.39 is 5.60 Å². The van der Waals surface area contributed by atoms with Gasteiger partial charge in [0, 0.05) is 6.54 Å². The summed E-state index contributed by atoms with van der Waals surface area (Å²) >= 11 is 0. The smallest absolute Gasteiger partial charge is 0.322 e. The minimum atomic E-state index is -0.624. The first-order chi connectivity index (χ1) is 7.07. The van der Waals surface area contributed by atoms with Crippen molar-refractivity contribution in [1.82, 2.24) is 5.32 Å². The first kappa shape index (κ1) is 12.5. The monoisotopic (exact) mass is 215 g/mol. The summed E-state index contributed by atoms with van der Waals surface area (Å²) in [5, 5.41) is 13.2. The first-order valence-electron chi connectivity index (χ1n) is 5.61. The second kappa shape index (κ2) is 5.47. The normalized spacial score (nSPS) is 22.1. The van der Waals surface area contributed by atoms with Gasteiger partial charge in [-0.1, -0.05) is 19.3 Å². The molecule has 1 saturated carbocycles. The Morgan fingerprint density at radius 3 is 2.60 bits per heavy atom. The van der Waals surface area contributed by atoms with E-state index in [0.29, 0.717) is 6.54 Å². The minimum Gasteiger partial charge on any atom is -0.468 e. The van der Waals surface area contributed by atoms with Crippen molar-refractivity contribution in [3.63, 3.8) is 0 Å². The maximum atomic E-state index is 11.1. The number of nitrogens with one attached hydrogen (secondary N) is 1. The second-order valence-corrected chi connectivity index (χ2v) is 4.41. The highest BCUT2D eigenvalue weighted by Crippen LogP contribution is 2.27. The van der Waals surface area contributed by atoms with Crippen LogP contribution in [0.1, 0.15) is 39.0 Å². The predicted octanol–water partition coefficient (Wildman–Crippen LogP) is 0.833. The van der Waals surface area contributed by atoms with E-state index in [1.54, 1.807) is 6.92 Å². The van der Waals surface area contributed by atoms with Gasteiger partial charge in [0.25, 0.3) is 0 Å². The fraction of sp³-hybridized carbons (Fsp3) is 0.909. The minimum absolute atomic E-state index is 0.283. The van der Waals surface area contributed by atoms with Crippen molar-refractivity contribution in [2.45, 2.75) is 50.7 Å². The van der Waals surface area contributed by atoms with Crippen LogP contribution < -0.4 is 5.32 Å². The number of rotatable bonds is 4. The van der Waals surface area contributed by atoms with E-state index in [0.717, 1.165) is 25.7 Å². The molecule has 1 rings (SSSR count). The molecule has 1 unspecified atom stereocenters. The maximum Gasteiger partial charge on any atom is 0.322 e. The van der Waals surface area contributed by atoms with E-state index in [2.05, 4.69) is 10.1 Å². The van der Waals surface area contributed by atoms with Gasteiger partial charge in [0.05, 0.1) is 12.7 Å². The molecule has 1 aliphatic rings. The Kier molecular flexibility index (Phi) is 4.54. The predicted molar refractivity (Wildman–Crippen MR) is 57.5 cm³/mol. The van der Waals surface area contributed by atoms with Crippen LogP contribution in [0.25, 0.3) is 0 Å². The molecule has 0 aromatic heterocycles. The van der Waals surface area contributed by atoms with E-state index in [4.69, 9.17) is 0 Å². The van der Waals surface area contributed by atoms with Crippen molar-refractivity contribution >= 4 is 5.97 Å². The van der Waals surface area contributed by atoms with Crippen molar-refractivity contribution < 1.29 is 14.6 Å². The Balaban J connectivity index is 2.31. The van der Waals surface area contributed by atoms with Gasteiger partial charge in [0.1, 0.15) is 6.04 Å². The zero-order chi connectivity index (χ0) is 11.3. The molecular formula is C11H21NO3. The Morgan fingerprint density at radius 1 is 1.47 bits per heavy atom. The summed E-state index contributed by atoms with van der Waals surface area (Å²) in [6.45, 7) is 2.22. The number of aliphatic hydroxyl groups is 1. The SMILES string of the molecule is COC(=O)C(C)NCC1(O)CCCCC1. The van der Waals surface area contributed by atoms with Crippen LogP contribution >= 0.6 is 0 Å². The van der Waals surface area contributed by atoms with Crippen molar-refractivity contribution in [2.75, 3.05) is 13.7 Å². The topological polar surface area (TPSA) is 58.6 Å². The van der Waals surface area contributed by atoms with E-state index in [1.165, 1.54) is 13.5 Å². The van der Waals surface area contributed by atoms with Gasteiger partial charge >= 0.3 is 5.97 Å². The van der Waals surface area contributed by atoms with Gasteiger partial charge in [-0.15, -0.1) is 0 Å². The molecule has 88 valence electrons. The van der Waals surface area contributed by atoms with Crippen LogP contribution in [0.4, 0.5) is 0 Å². The van der Waals surface area contributed by atoms with E-state index in [-0.39, 0.29) is 12.0 Å². The summed E-state index contributed by atoms with van der Waals surface area (Å²) in [6, 6.07) is -0.346. The van der Waals surface area contributed by atoms with Crippen molar-refractivity contribution in [2.24, 2.45) is 0 Å². The summed E-state index contributed by atoms with van der Waals surface area (Å²) in [5.74, 6) is -0.283. The third-order valence-electron chi connectivity index (χ3n) is 3.08. The molecule has 0 aliphatic heterocycles. The van der Waals surface area contributed by atoms with Gasteiger partial charge < -0.3 is 15.2 Å². The van der Waals surface area contributed by atoms with Crippen molar-refractivity contribution in [1.29, 1.82) is 0 Å². The van der Waals surface area contributed by atoms with Crippen LogP contribution in [-0.2, 0) is 9.53 Å². The fourth-order valence-corrected chi connectivity index (χ4v) is 1.99. The average Bonchev–Trinajstić information content (AvgIpc) is 2.26. The molecule has 2 N–H and O–H groups in total. The molecule has 0 amide bonds. The standard InChI is InChI=1S/C11H21NO3/c1-9(10(13)15-2)12-8-11(14)6-4-3-5-7-11/h9,12,14H,3-8H2,1-2H3. The lowest BCUT2D eigenvalue weighted by Crippen LogP contribution is -2.47. The van der Waals surface area contributed by atoms with Crippen LogP contribution in [0.15, 0.2) is 0 Å². The highest BCUT2D eigenvalue weighted by molar-refractivity contribution is 5.75. The average molecular weight is 215 g/mol. The molecule has 1 aliphatic carbocycles. The number of hydrogen-bond donors (Lipinski definition) is 2. The van der Waals surface area contributed by atoms with Crippen LogP contribution in [0, 0.1) is 0 Å². The number of esters is 1. The number of carbonyl (C=O) groups is 1. The second-order valence-electron chi connectivity index (χ2n) is 4.41. The summed E-state index contributed by atoms with van der Waals surface area (Å²) in [6.07, 6.45) is 5.01. The Labute approximate surface area is 91.0 Å². The molecule has 0 spiro atoms. The highest BCUT2D eigenvalue weighted by Gasteiger charge is 2.29. The molecule has 0 heterocycles. The molecule has 4 heteroatoms. The van der Waals surface area contributed by atoms with Crippen molar-refractivity contribution in [3.8, 4) is 0 Å². The third-order valence-corrected chi connectivity index (χ3v) is 3.08. The Bertz CT molecular complexity index is 212. The fourth-order valence-electron chi connectivity index (χ4n) is 1.99. The van der Waals surface area contributed by atoms with E-state index in [9.17, 15) is 9.90 Å². The quantitative estimate of drug-likeness (QED) is 0.682. The molecule has 0 radical (unpaired) electrons. The molecule has 1 fully saturated rings. The van der Waals surface area contributed by atoms with Gasteiger partial charge in [-0.2, -0.15) is 0 Å².